The van der Waals surface area contributed by atoms with E-state index in [1.54, 1.807) is 36.0 Å². The van der Waals surface area contributed by atoms with Gasteiger partial charge in [-0.2, -0.15) is 10.2 Å². The molecular weight excluding hydrogens is 401 g/mol. The summed E-state index contributed by atoms with van der Waals surface area (Å²) in [7, 11) is 0. The molecular formula is C19H15Cl2N5O2. The summed E-state index contributed by atoms with van der Waals surface area (Å²) in [5, 5.41) is 10.9. The predicted octanol–water partition coefficient (Wildman–Crippen LogP) is 4.15. The zero-order valence-corrected chi connectivity index (χ0v) is 16.4. The number of halogens is 2. The number of ether oxygens (including phenoxy) is 1. The lowest BCUT2D eigenvalue weighted by atomic mass is 10.3. The maximum Gasteiger partial charge on any atom is 0.357 e. The molecule has 1 aromatic carbocycles. The lowest BCUT2D eigenvalue weighted by molar-refractivity contribution is 0.0515. The fourth-order valence-corrected chi connectivity index (χ4v) is 3.28. The van der Waals surface area contributed by atoms with Crippen LogP contribution in [0.1, 0.15) is 23.1 Å². The smallest absolute Gasteiger partial charge is 0.357 e. The van der Waals surface area contributed by atoms with Gasteiger partial charge >= 0.3 is 5.97 Å². The van der Waals surface area contributed by atoms with Crippen molar-refractivity contribution in [3.63, 3.8) is 0 Å². The van der Waals surface area contributed by atoms with E-state index in [-0.39, 0.29) is 12.3 Å². The first-order valence-corrected chi connectivity index (χ1v) is 9.31. The highest BCUT2D eigenvalue weighted by atomic mass is 35.5. The number of nitrogens with zero attached hydrogens (tertiary/aromatic N) is 5. The van der Waals surface area contributed by atoms with E-state index in [1.807, 2.05) is 24.4 Å². The predicted molar refractivity (Wildman–Crippen MR) is 106 cm³/mol. The van der Waals surface area contributed by atoms with Crippen molar-refractivity contribution in [1.29, 1.82) is 0 Å². The van der Waals surface area contributed by atoms with Gasteiger partial charge in [-0.25, -0.2) is 14.5 Å². The third-order valence-corrected chi connectivity index (χ3v) is 4.68. The van der Waals surface area contributed by atoms with Crippen molar-refractivity contribution in [2.24, 2.45) is 0 Å². The van der Waals surface area contributed by atoms with E-state index in [4.69, 9.17) is 27.9 Å². The van der Waals surface area contributed by atoms with Crippen LogP contribution >= 0.6 is 23.2 Å². The second-order valence-electron chi connectivity index (χ2n) is 5.96. The first-order chi connectivity index (χ1) is 13.6. The summed E-state index contributed by atoms with van der Waals surface area (Å²) in [4.78, 5) is 16.6. The number of fused-ring (bicyclic) bond motifs is 1. The van der Waals surface area contributed by atoms with E-state index in [2.05, 4.69) is 15.2 Å². The van der Waals surface area contributed by atoms with Crippen LogP contribution in [0.15, 0.2) is 48.8 Å². The van der Waals surface area contributed by atoms with Crippen molar-refractivity contribution < 1.29 is 9.53 Å². The summed E-state index contributed by atoms with van der Waals surface area (Å²) >= 11 is 12.5. The quantitative estimate of drug-likeness (QED) is 0.457. The van der Waals surface area contributed by atoms with Crippen LogP contribution in [-0.4, -0.2) is 37.1 Å². The van der Waals surface area contributed by atoms with Crippen molar-refractivity contribution in [2.75, 3.05) is 6.61 Å². The fraction of sp³-hybridized carbons (Fsp3) is 0.158. The fourth-order valence-electron chi connectivity index (χ4n) is 2.86. The number of hydrogen-bond acceptors (Lipinski definition) is 5. The normalized spacial score (nSPS) is 11.1. The average molecular weight is 416 g/mol. The Kier molecular flexibility index (Phi) is 5.02. The van der Waals surface area contributed by atoms with Gasteiger partial charge in [-0.15, -0.1) is 0 Å². The van der Waals surface area contributed by atoms with E-state index < -0.39 is 5.97 Å². The number of rotatable bonds is 5. The molecule has 0 bridgehead atoms. The van der Waals surface area contributed by atoms with Crippen molar-refractivity contribution in [1.82, 2.24) is 24.5 Å². The minimum atomic E-state index is -0.503. The van der Waals surface area contributed by atoms with Gasteiger partial charge in [-0.3, -0.25) is 4.68 Å². The molecule has 28 heavy (non-hydrogen) atoms. The molecule has 4 aromatic rings. The van der Waals surface area contributed by atoms with Crippen LogP contribution < -0.4 is 0 Å². The van der Waals surface area contributed by atoms with Gasteiger partial charge in [0.2, 0.25) is 0 Å². The Hall–Kier alpha value is -2.90. The zero-order valence-electron chi connectivity index (χ0n) is 14.8. The number of carbonyl (C=O) groups is 1. The Labute approximate surface area is 170 Å². The molecule has 0 unspecified atom stereocenters. The zero-order chi connectivity index (χ0) is 19.7. The van der Waals surface area contributed by atoms with E-state index in [0.717, 1.165) is 10.9 Å². The third kappa shape index (κ3) is 3.46. The van der Waals surface area contributed by atoms with Gasteiger partial charge < -0.3 is 4.74 Å². The minimum absolute atomic E-state index is 0.243. The molecule has 0 spiro atoms. The van der Waals surface area contributed by atoms with Crippen LogP contribution in [0.5, 0.6) is 0 Å². The van der Waals surface area contributed by atoms with Gasteiger partial charge in [-0.1, -0.05) is 29.3 Å². The maximum atomic E-state index is 12.4. The van der Waals surface area contributed by atoms with Crippen molar-refractivity contribution >= 4 is 40.1 Å². The molecule has 7 nitrogen and oxygen atoms in total. The summed E-state index contributed by atoms with van der Waals surface area (Å²) < 4.78 is 8.26. The second kappa shape index (κ2) is 7.61. The number of benzene rings is 1. The molecule has 0 fully saturated rings. The second-order valence-corrected chi connectivity index (χ2v) is 6.78. The summed E-state index contributed by atoms with van der Waals surface area (Å²) in [6.45, 7) is 2.33. The van der Waals surface area contributed by atoms with Gasteiger partial charge in [-0.05, 0) is 37.3 Å². The summed E-state index contributed by atoms with van der Waals surface area (Å²) in [5.41, 5.74) is 1.63. The molecule has 0 atom stereocenters. The number of hydrogen-bond donors (Lipinski definition) is 0. The molecule has 0 amide bonds. The molecule has 0 aliphatic carbocycles. The standard InChI is InChI=1S/C19H15Cl2N5O2/c1-2-28-19(27)17-9-12(23-26(17)18-15(21)6-4-8-22-18)10-25-11-13-14(20)5-3-7-16(13)24-25/h3-9,11H,2,10H2,1H3. The molecule has 9 heteroatoms. The lowest BCUT2D eigenvalue weighted by Crippen LogP contribution is -2.13. The van der Waals surface area contributed by atoms with E-state index in [9.17, 15) is 4.79 Å². The number of pyridine rings is 1. The van der Waals surface area contributed by atoms with Crippen molar-refractivity contribution in [3.8, 4) is 5.82 Å². The van der Waals surface area contributed by atoms with Gasteiger partial charge in [0.25, 0.3) is 0 Å². The highest BCUT2D eigenvalue weighted by Crippen LogP contribution is 2.23. The molecule has 0 radical (unpaired) electrons. The molecule has 0 aliphatic heterocycles. The third-order valence-electron chi connectivity index (χ3n) is 4.05. The largest absolute Gasteiger partial charge is 0.461 e. The molecule has 0 saturated heterocycles. The van der Waals surface area contributed by atoms with Crippen LogP contribution in [0.4, 0.5) is 0 Å². The molecule has 4 rings (SSSR count). The van der Waals surface area contributed by atoms with Gasteiger partial charge in [0.15, 0.2) is 11.5 Å². The Morgan fingerprint density at radius 2 is 1.96 bits per heavy atom. The minimum Gasteiger partial charge on any atom is -0.461 e. The Morgan fingerprint density at radius 1 is 1.14 bits per heavy atom. The van der Waals surface area contributed by atoms with Crippen molar-refractivity contribution in [2.45, 2.75) is 13.5 Å². The van der Waals surface area contributed by atoms with Crippen molar-refractivity contribution in [3.05, 3.63) is 70.2 Å². The van der Waals surface area contributed by atoms with Crippen LogP contribution in [-0.2, 0) is 11.3 Å². The topological polar surface area (TPSA) is 74.8 Å². The van der Waals surface area contributed by atoms with Crippen LogP contribution in [0.2, 0.25) is 10.0 Å². The van der Waals surface area contributed by atoms with Crippen LogP contribution in [0.25, 0.3) is 16.7 Å². The Bertz CT molecular complexity index is 1170. The first kappa shape index (κ1) is 18.5. The summed E-state index contributed by atoms with van der Waals surface area (Å²) in [5.74, 6) is -0.149. The van der Waals surface area contributed by atoms with Gasteiger partial charge in [0, 0.05) is 17.8 Å². The molecule has 0 saturated carbocycles. The molecule has 3 heterocycles. The Morgan fingerprint density at radius 3 is 2.71 bits per heavy atom. The number of carbonyl (C=O) groups excluding carboxylic acids is 1. The van der Waals surface area contributed by atoms with E-state index >= 15 is 0 Å². The summed E-state index contributed by atoms with van der Waals surface area (Å²) in [6.07, 6.45) is 3.42. The van der Waals surface area contributed by atoms with E-state index in [0.29, 0.717) is 28.1 Å². The van der Waals surface area contributed by atoms with Crippen LogP contribution in [0.3, 0.4) is 0 Å². The maximum absolute atomic E-state index is 12.4. The molecule has 0 aliphatic rings. The highest BCUT2D eigenvalue weighted by Gasteiger charge is 2.20. The van der Waals surface area contributed by atoms with Crippen LogP contribution in [0, 0.1) is 0 Å². The van der Waals surface area contributed by atoms with E-state index in [1.165, 1.54) is 4.68 Å². The number of aromatic nitrogens is 5. The first-order valence-electron chi connectivity index (χ1n) is 8.55. The number of esters is 1. The molecule has 0 N–H and O–H groups in total. The average Bonchev–Trinajstić information content (AvgIpc) is 3.27. The monoisotopic (exact) mass is 415 g/mol. The molecule has 3 aromatic heterocycles. The van der Waals surface area contributed by atoms with Gasteiger partial charge in [0.1, 0.15) is 0 Å². The molecule has 142 valence electrons. The SMILES string of the molecule is CCOC(=O)c1cc(Cn2cc3c(Cl)cccc3n2)nn1-c1ncccc1Cl. The van der Waals surface area contributed by atoms with Gasteiger partial charge in [0.05, 0.1) is 34.4 Å². The summed E-state index contributed by atoms with van der Waals surface area (Å²) in [6, 6.07) is 10.6. The highest BCUT2D eigenvalue weighted by molar-refractivity contribution is 6.35. The Balaban J connectivity index is 1.75. The lowest BCUT2D eigenvalue weighted by Gasteiger charge is -2.07.